The van der Waals surface area contributed by atoms with Gasteiger partial charge in [-0.05, 0) is 36.8 Å². The number of nitrogens with zero attached hydrogens (tertiary/aromatic N) is 1. The van der Waals surface area contributed by atoms with E-state index in [-0.39, 0.29) is 17.9 Å². The van der Waals surface area contributed by atoms with Gasteiger partial charge in [-0.1, -0.05) is 35.5 Å². The van der Waals surface area contributed by atoms with E-state index >= 15 is 0 Å². The molecule has 0 unspecified atom stereocenters. The average molecular weight is 460 g/mol. The number of hydrogen-bond donors (Lipinski definition) is 2. The molecule has 0 spiro atoms. The minimum atomic E-state index is -0.360. The summed E-state index contributed by atoms with van der Waals surface area (Å²) in [6.45, 7) is 1.72. The van der Waals surface area contributed by atoms with Crippen molar-refractivity contribution in [2.75, 3.05) is 19.5 Å². The number of amides is 1. The van der Waals surface area contributed by atoms with Crippen molar-refractivity contribution in [1.29, 1.82) is 0 Å². The Balaban J connectivity index is 1.70. The highest BCUT2D eigenvalue weighted by Gasteiger charge is 2.15. The van der Waals surface area contributed by atoms with Gasteiger partial charge in [-0.15, -0.1) is 0 Å². The van der Waals surface area contributed by atoms with Gasteiger partial charge < -0.3 is 19.8 Å². The van der Waals surface area contributed by atoms with Crippen LogP contribution in [-0.4, -0.2) is 30.1 Å². The molecule has 0 bridgehead atoms. The Morgan fingerprint density at radius 2 is 2.00 bits per heavy atom. The smallest absolute Gasteiger partial charge is 0.255 e. The molecule has 0 fully saturated rings. The van der Waals surface area contributed by atoms with Crippen molar-refractivity contribution in [1.82, 2.24) is 9.97 Å². The van der Waals surface area contributed by atoms with Crippen LogP contribution in [0.1, 0.15) is 16.8 Å². The van der Waals surface area contributed by atoms with E-state index in [0.29, 0.717) is 44.4 Å². The maximum atomic E-state index is 12.6. The van der Waals surface area contributed by atoms with Gasteiger partial charge in [-0.3, -0.25) is 9.59 Å². The Morgan fingerprint density at radius 1 is 1.19 bits per heavy atom. The van der Waals surface area contributed by atoms with Crippen LogP contribution in [0, 0.1) is 6.92 Å². The summed E-state index contributed by atoms with van der Waals surface area (Å²) >= 11 is 7.40. The summed E-state index contributed by atoms with van der Waals surface area (Å²) in [6.07, 6.45) is -0.117. The van der Waals surface area contributed by atoms with E-state index in [2.05, 4.69) is 15.3 Å². The fourth-order valence-electron chi connectivity index (χ4n) is 2.91. The maximum absolute atomic E-state index is 12.6. The second-order valence-corrected chi connectivity index (χ2v) is 8.05. The van der Waals surface area contributed by atoms with E-state index in [1.807, 2.05) is 18.2 Å². The van der Waals surface area contributed by atoms with Crippen molar-refractivity contribution >= 4 is 35.0 Å². The predicted octanol–water partition coefficient (Wildman–Crippen LogP) is 4.22. The maximum Gasteiger partial charge on any atom is 0.255 e. The number of H-pyrrole nitrogens is 1. The van der Waals surface area contributed by atoms with Gasteiger partial charge in [0.15, 0.2) is 5.16 Å². The molecule has 0 atom stereocenters. The first-order chi connectivity index (χ1) is 14.9. The minimum absolute atomic E-state index is 0.117. The highest BCUT2D eigenvalue weighted by atomic mass is 35.5. The molecular weight excluding hydrogens is 438 g/mol. The normalized spacial score (nSPS) is 10.6. The molecule has 0 radical (unpaired) electrons. The third kappa shape index (κ3) is 6.02. The van der Waals surface area contributed by atoms with Gasteiger partial charge in [0.05, 0.1) is 26.3 Å². The molecule has 0 saturated heterocycles. The monoisotopic (exact) mass is 459 g/mol. The molecule has 9 heteroatoms. The summed E-state index contributed by atoms with van der Waals surface area (Å²) in [7, 11) is 3.05. The number of aromatic amines is 1. The molecule has 2 N–H and O–H groups in total. The molecule has 3 rings (SSSR count). The quantitative estimate of drug-likeness (QED) is 0.387. The van der Waals surface area contributed by atoms with Gasteiger partial charge in [-0.25, -0.2) is 4.98 Å². The number of aryl methyl sites for hydroxylation is 1. The molecule has 162 valence electrons. The zero-order valence-electron chi connectivity index (χ0n) is 17.3. The first kappa shape index (κ1) is 22.7. The third-order valence-electron chi connectivity index (χ3n) is 4.48. The van der Waals surface area contributed by atoms with E-state index in [1.165, 1.54) is 26.0 Å². The highest BCUT2D eigenvalue weighted by Crippen LogP contribution is 2.29. The number of benzene rings is 2. The van der Waals surface area contributed by atoms with Gasteiger partial charge >= 0.3 is 0 Å². The number of nitrogens with one attached hydrogen (secondary N) is 2. The number of ether oxygens (including phenoxy) is 2. The van der Waals surface area contributed by atoms with Gasteiger partial charge in [0, 0.05) is 28.1 Å². The lowest BCUT2D eigenvalue weighted by molar-refractivity contribution is -0.115. The van der Waals surface area contributed by atoms with Crippen molar-refractivity contribution in [3.63, 3.8) is 0 Å². The summed E-state index contributed by atoms with van der Waals surface area (Å²) in [5.41, 5.74) is 1.96. The van der Waals surface area contributed by atoms with E-state index in [1.54, 1.807) is 31.2 Å². The molecule has 1 heterocycles. The van der Waals surface area contributed by atoms with E-state index in [4.69, 9.17) is 21.1 Å². The van der Waals surface area contributed by atoms with Crippen LogP contribution in [0.25, 0.3) is 0 Å². The Bertz CT molecular complexity index is 1150. The van der Waals surface area contributed by atoms with Crippen molar-refractivity contribution < 1.29 is 14.3 Å². The second-order valence-electron chi connectivity index (χ2n) is 6.64. The summed E-state index contributed by atoms with van der Waals surface area (Å²) in [4.78, 5) is 32.4. The summed E-state index contributed by atoms with van der Waals surface area (Å²) in [5.74, 6) is 1.32. The van der Waals surface area contributed by atoms with Crippen LogP contribution in [0.4, 0.5) is 5.69 Å². The molecule has 1 amide bonds. The van der Waals surface area contributed by atoms with Crippen LogP contribution in [0.2, 0.25) is 5.02 Å². The molecule has 31 heavy (non-hydrogen) atoms. The van der Waals surface area contributed by atoms with Crippen LogP contribution >= 0.6 is 23.4 Å². The van der Waals surface area contributed by atoms with Crippen molar-refractivity contribution in [3.8, 4) is 11.5 Å². The standard InChI is InChI=1S/C22H22ClN3O4S/c1-13-17(11-20(27)25-18-10-16(29-2)7-8-19(18)30-3)21(28)26-22(24-13)31-12-14-5-4-6-15(23)9-14/h4-10H,11-12H2,1-3H3,(H,25,27)(H,24,26,28). The number of anilines is 1. The van der Waals surface area contributed by atoms with Gasteiger partial charge in [0.2, 0.25) is 5.91 Å². The van der Waals surface area contributed by atoms with E-state index < -0.39 is 0 Å². The second kappa shape index (κ2) is 10.4. The fourth-order valence-corrected chi connectivity index (χ4v) is 3.97. The number of aromatic nitrogens is 2. The molecule has 0 aliphatic carbocycles. The SMILES string of the molecule is COc1ccc(OC)c(NC(=O)Cc2c(C)nc(SCc3cccc(Cl)c3)[nH]c2=O)c1. The van der Waals surface area contributed by atoms with Gasteiger partial charge in [-0.2, -0.15) is 0 Å². The lowest BCUT2D eigenvalue weighted by Crippen LogP contribution is -2.24. The predicted molar refractivity (Wildman–Crippen MR) is 122 cm³/mol. The van der Waals surface area contributed by atoms with Crippen LogP contribution in [0.5, 0.6) is 11.5 Å². The molecular formula is C22H22ClN3O4S. The number of rotatable bonds is 8. The molecule has 0 saturated carbocycles. The zero-order chi connectivity index (χ0) is 22.4. The largest absolute Gasteiger partial charge is 0.497 e. The van der Waals surface area contributed by atoms with Crippen LogP contribution in [-0.2, 0) is 17.0 Å². The van der Waals surface area contributed by atoms with E-state index in [9.17, 15) is 9.59 Å². The summed E-state index contributed by atoms with van der Waals surface area (Å²) < 4.78 is 10.5. The topological polar surface area (TPSA) is 93.3 Å². The molecule has 0 aliphatic heterocycles. The Hall–Kier alpha value is -2.97. The lowest BCUT2D eigenvalue weighted by atomic mass is 10.1. The molecule has 0 aliphatic rings. The summed E-state index contributed by atoms with van der Waals surface area (Å²) in [5, 5.41) is 3.91. The lowest BCUT2D eigenvalue weighted by Gasteiger charge is -2.12. The van der Waals surface area contributed by atoms with Gasteiger partial charge in [0.25, 0.3) is 5.56 Å². The number of halogens is 1. The Morgan fingerprint density at radius 3 is 2.68 bits per heavy atom. The first-order valence-corrected chi connectivity index (χ1v) is 10.7. The van der Waals surface area contributed by atoms with Gasteiger partial charge in [0.1, 0.15) is 11.5 Å². The van der Waals surface area contributed by atoms with Crippen LogP contribution in [0.3, 0.4) is 0 Å². The molecule has 1 aromatic heterocycles. The fraction of sp³-hybridized carbons (Fsp3) is 0.227. The van der Waals surface area contributed by atoms with Crippen molar-refractivity contribution in [3.05, 3.63) is 74.7 Å². The van der Waals surface area contributed by atoms with Crippen molar-refractivity contribution in [2.24, 2.45) is 0 Å². The number of carbonyl (C=O) groups is 1. The molecule has 2 aromatic carbocycles. The number of hydrogen-bond acceptors (Lipinski definition) is 6. The third-order valence-corrected chi connectivity index (χ3v) is 5.66. The summed E-state index contributed by atoms with van der Waals surface area (Å²) in [6, 6.07) is 12.6. The Kier molecular flexibility index (Phi) is 7.59. The Labute approximate surface area is 189 Å². The van der Waals surface area contributed by atoms with E-state index in [0.717, 1.165) is 5.56 Å². The number of thioether (sulfide) groups is 1. The van der Waals surface area contributed by atoms with Crippen LogP contribution < -0.4 is 20.3 Å². The molecule has 7 nitrogen and oxygen atoms in total. The average Bonchev–Trinajstić information content (AvgIpc) is 2.75. The van der Waals surface area contributed by atoms with Crippen LogP contribution in [0.15, 0.2) is 52.4 Å². The minimum Gasteiger partial charge on any atom is -0.497 e. The molecule has 3 aromatic rings. The highest BCUT2D eigenvalue weighted by molar-refractivity contribution is 7.98. The number of carbonyl (C=O) groups excluding carboxylic acids is 1. The van der Waals surface area contributed by atoms with Crippen molar-refractivity contribution in [2.45, 2.75) is 24.3 Å². The first-order valence-electron chi connectivity index (χ1n) is 9.38. The number of methoxy groups -OCH3 is 2. The zero-order valence-corrected chi connectivity index (χ0v) is 18.9.